The second kappa shape index (κ2) is 5.86. The van der Waals surface area contributed by atoms with Crippen LogP contribution in [0.5, 0.6) is 0 Å². The standard InChI is InChI=1S/C17H15ClFNO/c18-12-7-6-11(15(19)10-12)9-17(21)14-3-1-5-16-13(14)4-2-8-20-16/h1,3,5-7,10,20H,2,4,8-9H2. The maximum Gasteiger partial charge on any atom is 0.167 e. The summed E-state index contributed by atoms with van der Waals surface area (Å²) in [6.07, 6.45) is 1.94. The van der Waals surface area contributed by atoms with Crippen LogP contribution in [0.3, 0.4) is 0 Å². The highest BCUT2D eigenvalue weighted by atomic mass is 35.5. The second-order valence-corrected chi connectivity index (χ2v) is 5.63. The largest absolute Gasteiger partial charge is 0.385 e. The number of ketones is 1. The molecule has 0 radical (unpaired) electrons. The number of Topliss-reactive ketones (excluding diaryl/α,β-unsaturated/α-hetero) is 1. The molecule has 0 saturated heterocycles. The molecule has 1 aliphatic heterocycles. The summed E-state index contributed by atoms with van der Waals surface area (Å²) in [5.74, 6) is -0.490. The third kappa shape index (κ3) is 2.93. The first kappa shape index (κ1) is 14.1. The highest BCUT2D eigenvalue weighted by molar-refractivity contribution is 6.30. The Kier molecular flexibility index (Phi) is 3.93. The summed E-state index contributed by atoms with van der Waals surface area (Å²) in [7, 11) is 0. The summed E-state index contributed by atoms with van der Waals surface area (Å²) in [6, 6.07) is 10.1. The number of hydrogen-bond acceptors (Lipinski definition) is 2. The first-order chi connectivity index (χ1) is 10.1. The molecule has 2 nitrogen and oxygen atoms in total. The lowest BCUT2D eigenvalue weighted by Gasteiger charge is -2.20. The number of anilines is 1. The minimum absolute atomic E-state index is 0.0550. The van der Waals surface area contributed by atoms with Crippen molar-refractivity contribution in [2.45, 2.75) is 19.3 Å². The average Bonchev–Trinajstić information content (AvgIpc) is 2.49. The van der Waals surface area contributed by atoms with Gasteiger partial charge < -0.3 is 5.32 Å². The highest BCUT2D eigenvalue weighted by Gasteiger charge is 2.18. The number of fused-ring (bicyclic) bond motifs is 1. The van der Waals surface area contributed by atoms with Crippen LogP contribution in [0.15, 0.2) is 36.4 Å². The second-order valence-electron chi connectivity index (χ2n) is 5.20. The summed E-state index contributed by atoms with van der Waals surface area (Å²) in [6.45, 7) is 0.927. The molecule has 108 valence electrons. The van der Waals surface area contributed by atoms with Gasteiger partial charge in [0.05, 0.1) is 0 Å². The molecule has 1 N–H and O–H groups in total. The number of hydrogen-bond donors (Lipinski definition) is 1. The van der Waals surface area contributed by atoms with Gasteiger partial charge in [0.1, 0.15) is 5.82 Å². The van der Waals surface area contributed by atoms with Crippen molar-refractivity contribution in [2.24, 2.45) is 0 Å². The number of rotatable bonds is 3. The Hall–Kier alpha value is -1.87. The molecule has 2 aromatic rings. The van der Waals surface area contributed by atoms with E-state index < -0.39 is 5.82 Å². The third-order valence-corrected chi connectivity index (χ3v) is 4.00. The van der Waals surface area contributed by atoms with E-state index in [0.717, 1.165) is 30.6 Å². The van der Waals surface area contributed by atoms with Crippen molar-refractivity contribution in [3.63, 3.8) is 0 Å². The van der Waals surface area contributed by atoms with Crippen LogP contribution in [-0.2, 0) is 12.8 Å². The third-order valence-electron chi connectivity index (χ3n) is 3.76. The Balaban J connectivity index is 1.89. The number of nitrogens with one attached hydrogen (secondary N) is 1. The molecule has 0 aromatic heterocycles. The summed E-state index contributed by atoms with van der Waals surface area (Å²) >= 11 is 5.73. The molecular weight excluding hydrogens is 289 g/mol. The molecule has 4 heteroatoms. The first-order valence-electron chi connectivity index (χ1n) is 6.98. The number of carbonyl (C=O) groups is 1. The Morgan fingerprint density at radius 3 is 2.95 bits per heavy atom. The van der Waals surface area contributed by atoms with Crippen molar-refractivity contribution in [3.05, 3.63) is 63.9 Å². The van der Waals surface area contributed by atoms with E-state index in [-0.39, 0.29) is 12.2 Å². The van der Waals surface area contributed by atoms with Gasteiger partial charge in [0.2, 0.25) is 0 Å². The van der Waals surface area contributed by atoms with Crippen LogP contribution in [0.25, 0.3) is 0 Å². The van der Waals surface area contributed by atoms with Gasteiger partial charge in [0, 0.05) is 29.2 Å². The lowest BCUT2D eigenvalue weighted by atomic mass is 9.93. The maximum atomic E-state index is 13.8. The van der Waals surface area contributed by atoms with Crippen LogP contribution in [0.4, 0.5) is 10.1 Å². The molecule has 0 unspecified atom stereocenters. The molecule has 0 aliphatic carbocycles. The van der Waals surface area contributed by atoms with E-state index in [2.05, 4.69) is 5.32 Å². The zero-order valence-corrected chi connectivity index (χ0v) is 12.2. The topological polar surface area (TPSA) is 29.1 Å². The fraction of sp³-hybridized carbons (Fsp3) is 0.235. The molecule has 0 saturated carbocycles. The van der Waals surface area contributed by atoms with E-state index in [4.69, 9.17) is 11.6 Å². The van der Waals surface area contributed by atoms with Crippen LogP contribution in [-0.4, -0.2) is 12.3 Å². The van der Waals surface area contributed by atoms with Crippen molar-refractivity contribution < 1.29 is 9.18 Å². The van der Waals surface area contributed by atoms with Gasteiger partial charge in [0.25, 0.3) is 0 Å². The van der Waals surface area contributed by atoms with E-state index in [9.17, 15) is 9.18 Å². The van der Waals surface area contributed by atoms with E-state index >= 15 is 0 Å². The molecule has 0 fully saturated rings. The molecular formula is C17H15ClFNO. The van der Waals surface area contributed by atoms with Crippen molar-refractivity contribution in [1.82, 2.24) is 0 Å². The lowest BCUT2D eigenvalue weighted by molar-refractivity contribution is 0.0991. The van der Waals surface area contributed by atoms with Gasteiger partial charge in [-0.1, -0.05) is 29.8 Å². The van der Waals surface area contributed by atoms with Crippen LogP contribution >= 0.6 is 11.6 Å². The van der Waals surface area contributed by atoms with Crippen LogP contribution in [0.1, 0.15) is 27.9 Å². The summed E-state index contributed by atoms with van der Waals surface area (Å²) in [5.41, 5.74) is 3.13. The predicted octanol–water partition coefficient (Wildman–Crippen LogP) is 4.26. The molecule has 0 atom stereocenters. The maximum absolute atomic E-state index is 13.8. The van der Waals surface area contributed by atoms with Gasteiger partial charge in [-0.15, -0.1) is 0 Å². The molecule has 0 bridgehead atoms. The van der Waals surface area contributed by atoms with Crippen molar-refractivity contribution >= 4 is 23.1 Å². The highest BCUT2D eigenvalue weighted by Crippen LogP contribution is 2.26. The van der Waals surface area contributed by atoms with E-state index in [1.54, 1.807) is 12.1 Å². The van der Waals surface area contributed by atoms with Crippen LogP contribution < -0.4 is 5.32 Å². The molecule has 1 aliphatic rings. The van der Waals surface area contributed by atoms with E-state index in [0.29, 0.717) is 16.1 Å². The van der Waals surface area contributed by atoms with Crippen molar-refractivity contribution in [2.75, 3.05) is 11.9 Å². The lowest BCUT2D eigenvalue weighted by Crippen LogP contribution is -2.16. The normalized spacial score (nSPS) is 13.4. The summed E-state index contributed by atoms with van der Waals surface area (Å²) in [4.78, 5) is 12.5. The Morgan fingerprint density at radius 2 is 2.14 bits per heavy atom. The zero-order chi connectivity index (χ0) is 14.8. The molecule has 0 spiro atoms. The Bertz CT molecular complexity index is 699. The van der Waals surface area contributed by atoms with Gasteiger partial charge >= 0.3 is 0 Å². The van der Waals surface area contributed by atoms with Crippen molar-refractivity contribution in [1.29, 1.82) is 0 Å². The van der Waals surface area contributed by atoms with Crippen LogP contribution in [0, 0.1) is 5.82 Å². The summed E-state index contributed by atoms with van der Waals surface area (Å²) < 4.78 is 13.8. The van der Waals surface area contributed by atoms with Gasteiger partial charge in [0.15, 0.2) is 5.78 Å². The zero-order valence-electron chi connectivity index (χ0n) is 11.5. The molecule has 21 heavy (non-hydrogen) atoms. The van der Waals surface area contributed by atoms with Crippen LogP contribution in [0.2, 0.25) is 5.02 Å². The Morgan fingerprint density at radius 1 is 1.29 bits per heavy atom. The van der Waals surface area contributed by atoms with Gasteiger partial charge in [-0.2, -0.15) is 0 Å². The summed E-state index contributed by atoms with van der Waals surface area (Å²) in [5, 5.41) is 3.63. The monoisotopic (exact) mass is 303 g/mol. The van der Waals surface area contributed by atoms with Gasteiger partial charge in [-0.05, 0) is 42.2 Å². The predicted molar refractivity (Wildman–Crippen MR) is 82.7 cm³/mol. The Labute approximate surface area is 127 Å². The smallest absolute Gasteiger partial charge is 0.167 e. The number of carbonyl (C=O) groups excluding carboxylic acids is 1. The van der Waals surface area contributed by atoms with E-state index in [1.807, 2.05) is 18.2 Å². The van der Waals surface area contributed by atoms with Gasteiger partial charge in [-0.25, -0.2) is 4.39 Å². The fourth-order valence-corrected chi connectivity index (χ4v) is 2.86. The molecule has 0 amide bonds. The number of halogens is 2. The molecule has 3 rings (SSSR count). The minimum atomic E-state index is -0.432. The molecule has 1 heterocycles. The number of benzene rings is 2. The fourth-order valence-electron chi connectivity index (χ4n) is 2.70. The van der Waals surface area contributed by atoms with Crippen molar-refractivity contribution in [3.8, 4) is 0 Å². The molecule has 2 aromatic carbocycles. The quantitative estimate of drug-likeness (QED) is 0.858. The first-order valence-corrected chi connectivity index (χ1v) is 7.36. The average molecular weight is 304 g/mol. The SMILES string of the molecule is O=C(Cc1ccc(Cl)cc1F)c1cccc2c1CCCN2. The van der Waals surface area contributed by atoms with Gasteiger partial charge in [-0.3, -0.25) is 4.79 Å². The minimum Gasteiger partial charge on any atom is -0.385 e. The van der Waals surface area contributed by atoms with E-state index in [1.165, 1.54) is 6.07 Å².